The van der Waals surface area contributed by atoms with Gasteiger partial charge >= 0.3 is 29.8 Å². The van der Waals surface area contributed by atoms with E-state index in [1.54, 1.807) is 12.1 Å². The van der Waals surface area contributed by atoms with Gasteiger partial charge in [-0.1, -0.05) is 43.4 Å². The number of hydrogen-bond donors (Lipinski definition) is 0. The number of esters is 5. The number of unbranched alkanes of at least 4 members (excludes halogenated alkanes) is 3. The predicted molar refractivity (Wildman–Crippen MR) is 209 cm³/mol. The Labute approximate surface area is 338 Å². The molecule has 0 aromatic heterocycles. The lowest BCUT2D eigenvalue weighted by molar-refractivity contribution is -0.159. The standard InChI is InChI=1S/C42H53NO11S2/c1-5-34(44)51-25-9-7-6-8-24-50-30-18-14-28(15-19-30)38(45)52-31-20-16-29(17-21-31)40(47)54-33-23-22-32(53-39(46)27-12-10-26(2)11-13-27)36-37(33)56-42(55-36)35(43-3)41(48)49-4/h5,22-23,26-31H,1,6-21,24-25H2,2,4H3. The molecule has 3 saturated carbocycles. The third-order valence-electron chi connectivity index (χ3n) is 11.0. The minimum Gasteiger partial charge on any atom is -0.474 e. The van der Waals surface area contributed by atoms with E-state index in [0.717, 1.165) is 101 Å². The van der Waals surface area contributed by atoms with Gasteiger partial charge in [0.05, 0.1) is 58.2 Å². The van der Waals surface area contributed by atoms with Crippen molar-refractivity contribution < 1.29 is 52.4 Å². The van der Waals surface area contributed by atoms with Crippen molar-refractivity contribution >= 4 is 53.4 Å². The van der Waals surface area contributed by atoms with E-state index in [4.69, 9.17) is 35.0 Å². The van der Waals surface area contributed by atoms with Crippen LogP contribution in [-0.4, -0.2) is 62.4 Å². The van der Waals surface area contributed by atoms with Crippen LogP contribution in [0.1, 0.15) is 110 Å². The molecule has 12 nitrogen and oxygen atoms in total. The lowest BCUT2D eigenvalue weighted by atomic mass is 9.83. The molecule has 0 unspecified atom stereocenters. The van der Waals surface area contributed by atoms with Crippen LogP contribution in [-0.2, 0) is 42.9 Å². The first-order chi connectivity index (χ1) is 27.1. The Balaban J connectivity index is 1.07. The molecule has 3 aliphatic carbocycles. The number of carbonyl (C=O) groups excluding carboxylic acids is 5. The van der Waals surface area contributed by atoms with Crippen molar-refractivity contribution in [1.82, 2.24) is 0 Å². The van der Waals surface area contributed by atoms with Crippen LogP contribution in [0.4, 0.5) is 0 Å². The Morgan fingerprint density at radius 3 is 1.75 bits per heavy atom. The molecule has 0 amide bonds. The van der Waals surface area contributed by atoms with Crippen LogP contribution in [0.2, 0.25) is 0 Å². The SMILES string of the molecule is [C-]#[N+]C(C(=O)OC)=C1Sc2c(OC(=O)C3CCC(C)CC3)ccc(OC(=O)C3CCC(OC(=O)C4CCC(OCCCCCCOC(=O)C=C)CC4)CC3)c2S1. The number of hydrogen-bond acceptors (Lipinski definition) is 13. The monoisotopic (exact) mass is 811 g/mol. The third kappa shape index (κ3) is 12.1. The van der Waals surface area contributed by atoms with Crippen LogP contribution < -0.4 is 9.47 Å². The van der Waals surface area contributed by atoms with Crippen LogP contribution in [0.5, 0.6) is 11.5 Å². The zero-order valence-corrected chi connectivity index (χ0v) is 34.0. The number of ether oxygens (including phenoxy) is 6. The molecule has 1 aromatic carbocycles. The van der Waals surface area contributed by atoms with E-state index in [9.17, 15) is 24.0 Å². The molecule has 14 heteroatoms. The number of methoxy groups -OCH3 is 1. The summed E-state index contributed by atoms with van der Waals surface area (Å²) in [6.07, 6.45) is 13.4. The molecule has 0 spiro atoms. The fourth-order valence-electron chi connectivity index (χ4n) is 7.52. The van der Waals surface area contributed by atoms with Gasteiger partial charge in [-0.3, -0.25) is 19.2 Å². The maximum atomic E-state index is 13.5. The van der Waals surface area contributed by atoms with E-state index < -0.39 is 23.8 Å². The summed E-state index contributed by atoms with van der Waals surface area (Å²) in [5.41, 5.74) is -0.200. The van der Waals surface area contributed by atoms with Crippen molar-refractivity contribution in [2.45, 2.75) is 132 Å². The van der Waals surface area contributed by atoms with Crippen molar-refractivity contribution in [3.8, 4) is 11.5 Å². The summed E-state index contributed by atoms with van der Waals surface area (Å²) in [6, 6.07) is 3.19. The Morgan fingerprint density at radius 1 is 0.732 bits per heavy atom. The van der Waals surface area contributed by atoms with Gasteiger partial charge in [-0.15, -0.1) is 0 Å². The summed E-state index contributed by atoms with van der Waals surface area (Å²) in [4.78, 5) is 67.6. The quantitative estimate of drug-likeness (QED) is 0.0392. The number of rotatable bonds is 16. The number of fused-ring (bicyclic) bond motifs is 1. The zero-order chi connectivity index (χ0) is 40.0. The summed E-state index contributed by atoms with van der Waals surface area (Å²) in [7, 11) is 1.20. The Morgan fingerprint density at radius 2 is 1.23 bits per heavy atom. The predicted octanol–water partition coefficient (Wildman–Crippen LogP) is 8.75. The average Bonchev–Trinajstić information content (AvgIpc) is 3.66. The summed E-state index contributed by atoms with van der Waals surface area (Å²) < 4.78 is 34.0. The van der Waals surface area contributed by atoms with E-state index in [2.05, 4.69) is 18.3 Å². The van der Waals surface area contributed by atoms with E-state index in [0.29, 0.717) is 64.6 Å². The van der Waals surface area contributed by atoms with Gasteiger partial charge in [-0.25, -0.2) is 9.64 Å². The summed E-state index contributed by atoms with van der Waals surface area (Å²) in [5.74, 6) is -1.69. The van der Waals surface area contributed by atoms with Gasteiger partial charge < -0.3 is 28.4 Å². The third-order valence-corrected chi connectivity index (χ3v) is 13.6. The highest BCUT2D eigenvalue weighted by atomic mass is 32.2. The van der Waals surface area contributed by atoms with Gasteiger partial charge in [0.1, 0.15) is 17.6 Å². The number of benzene rings is 1. The summed E-state index contributed by atoms with van der Waals surface area (Å²) >= 11 is 2.24. The molecule has 0 N–H and O–H groups in total. The van der Waals surface area contributed by atoms with Crippen molar-refractivity contribution in [2.24, 2.45) is 23.7 Å². The summed E-state index contributed by atoms with van der Waals surface area (Å²) in [5, 5.41) is 0. The molecule has 0 saturated heterocycles. The van der Waals surface area contributed by atoms with Gasteiger partial charge in [0.15, 0.2) is 0 Å². The molecule has 0 radical (unpaired) electrons. The molecular weight excluding hydrogens is 759 g/mol. The van der Waals surface area contributed by atoms with Gasteiger partial charge in [-0.2, -0.15) is 0 Å². The first-order valence-corrected chi connectivity index (χ1v) is 21.5. The highest BCUT2D eigenvalue weighted by Crippen LogP contribution is 2.59. The van der Waals surface area contributed by atoms with E-state index in [1.165, 1.54) is 13.2 Å². The van der Waals surface area contributed by atoms with Crippen LogP contribution in [0, 0.1) is 30.2 Å². The van der Waals surface area contributed by atoms with Gasteiger partial charge in [-0.05, 0) is 114 Å². The summed E-state index contributed by atoms with van der Waals surface area (Å²) in [6.45, 7) is 14.2. The first-order valence-electron chi connectivity index (χ1n) is 19.9. The van der Waals surface area contributed by atoms with Crippen molar-refractivity contribution in [3.63, 3.8) is 0 Å². The van der Waals surface area contributed by atoms with Crippen LogP contribution in [0.3, 0.4) is 0 Å². The minimum absolute atomic E-state index is 0.147. The van der Waals surface area contributed by atoms with Crippen LogP contribution in [0.25, 0.3) is 4.85 Å². The molecule has 0 bridgehead atoms. The first kappa shape index (κ1) is 43.3. The molecule has 0 atom stereocenters. The van der Waals surface area contributed by atoms with Crippen molar-refractivity contribution in [3.05, 3.63) is 46.1 Å². The fourth-order valence-corrected chi connectivity index (χ4v) is 10.1. The van der Waals surface area contributed by atoms with Crippen molar-refractivity contribution in [1.29, 1.82) is 0 Å². The molecule has 304 valence electrons. The molecule has 3 fully saturated rings. The molecule has 1 aromatic rings. The molecule has 4 aliphatic rings. The lowest BCUT2D eigenvalue weighted by Gasteiger charge is -2.31. The van der Waals surface area contributed by atoms with Gasteiger partial charge in [0.25, 0.3) is 5.70 Å². The zero-order valence-electron chi connectivity index (χ0n) is 32.4. The molecule has 5 rings (SSSR count). The van der Waals surface area contributed by atoms with Crippen molar-refractivity contribution in [2.75, 3.05) is 20.3 Å². The highest BCUT2D eigenvalue weighted by Gasteiger charge is 2.36. The molecule has 1 heterocycles. The second-order valence-corrected chi connectivity index (χ2v) is 17.3. The number of thioether (sulfide) groups is 2. The average molecular weight is 812 g/mol. The number of carbonyl (C=O) groups is 5. The Kier molecular flexibility index (Phi) is 16.7. The van der Waals surface area contributed by atoms with E-state index in [1.807, 2.05) is 0 Å². The largest absolute Gasteiger partial charge is 0.474 e. The Hall–Kier alpha value is -3.80. The molecular formula is C42H53NO11S2. The van der Waals surface area contributed by atoms with E-state index >= 15 is 0 Å². The molecule has 1 aliphatic heterocycles. The lowest BCUT2D eigenvalue weighted by Crippen LogP contribution is -2.33. The minimum atomic E-state index is -0.781. The molecule has 56 heavy (non-hydrogen) atoms. The fraction of sp³-hybridized carbons (Fsp3) is 0.619. The topological polar surface area (TPSA) is 145 Å². The van der Waals surface area contributed by atoms with Crippen LogP contribution in [0.15, 0.2) is 44.5 Å². The van der Waals surface area contributed by atoms with Gasteiger partial charge in [0.2, 0.25) is 0 Å². The van der Waals surface area contributed by atoms with E-state index in [-0.39, 0.29) is 47.4 Å². The maximum Gasteiger partial charge on any atom is 0.337 e. The van der Waals surface area contributed by atoms with Gasteiger partial charge in [0, 0.05) is 12.7 Å². The number of nitrogens with zero attached hydrogens (tertiary/aromatic N) is 1. The second-order valence-electron chi connectivity index (χ2n) is 15.0. The smallest absolute Gasteiger partial charge is 0.337 e. The second kappa shape index (κ2) is 21.6. The normalized spacial score (nSPS) is 25.4. The van der Waals surface area contributed by atoms with Crippen LogP contribution >= 0.6 is 23.5 Å². The highest BCUT2D eigenvalue weighted by molar-refractivity contribution is 8.24. The maximum absolute atomic E-state index is 13.5. The Bertz CT molecular complexity index is 1660.